The monoisotopic (exact) mass is 450 g/mol. The van der Waals surface area contributed by atoms with Crippen LogP contribution in [0, 0.1) is 10.1 Å². The number of hydrogen-bond donors (Lipinski definition) is 2. The molecule has 3 N–H and O–H groups in total. The second kappa shape index (κ2) is 7.13. The van der Waals surface area contributed by atoms with Crippen LogP contribution >= 0.6 is 11.6 Å². The van der Waals surface area contributed by atoms with Crippen molar-refractivity contribution in [3.05, 3.63) is 57.0 Å². The predicted octanol–water partition coefficient (Wildman–Crippen LogP) is 2.57. The van der Waals surface area contributed by atoms with E-state index in [-0.39, 0.29) is 28.7 Å². The predicted molar refractivity (Wildman–Crippen MR) is 94.8 cm³/mol. The molecule has 0 fully saturated rings. The van der Waals surface area contributed by atoms with Crippen molar-refractivity contribution in [2.75, 3.05) is 5.32 Å². The third-order valence-electron chi connectivity index (χ3n) is 3.79. The van der Waals surface area contributed by atoms with Crippen molar-refractivity contribution in [3.63, 3.8) is 0 Å². The van der Waals surface area contributed by atoms with Crippen LogP contribution < -0.4 is 10.5 Å². The van der Waals surface area contributed by atoms with E-state index in [0.29, 0.717) is 6.07 Å². The van der Waals surface area contributed by atoms with Crippen molar-refractivity contribution in [2.45, 2.75) is 17.6 Å². The summed E-state index contributed by atoms with van der Waals surface area (Å²) in [6, 6.07) is 3.62. The van der Waals surface area contributed by atoms with Gasteiger partial charge in [-0.25, -0.2) is 13.6 Å². The van der Waals surface area contributed by atoms with Gasteiger partial charge in [0.1, 0.15) is 5.69 Å². The zero-order valence-electron chi connectivity index (χ0n) is 14.0. The van der Waals surface area contributed by atoms with Crippen LogP contribution in [0.1, 0.15) is 11.4 Å². The Morgan fingerprint density at radius 1 is 1.28 bits per heavy atom. The van der Waals surface area contributed by atoms with Gasteiger partial charge in [-0.15, -0.1) is 10.2 Å². The quantitative estimate of drug-likeness (QED) is 0.448. The molecule has 0 saturated carbocycles. The molecule has 10 nitrogen and oxygen atoms in total. The van der Waals surface area contributed by atoms with Gasteiger partial charge in [-0.1, -0.05) is 11.6 Å². The summed E-state index contributed by atoms with van der Waals surface area (Å²) in [5, 5.41) is 26.0. The Morgan fingerprint density at radius 3 is 2.55 bits per heavy atom. The van der Waals surface area contributed by atoms with Crippen molar-refractivity contribution in [1.29, 1.82) is 0 Å². The lowest BCUT2D eigenvalue weighted by Crippen LogP contribution is -2.13. The smallest absolute Gasteiger partial charge is 0.372 e. The Hall–Kier alpha value is -2.97. The van der Waals surface area contributed by atoms with Gasteiger partial charge in [-0.05, 0) is 18.2 Å². The average Bonchev–Trinajstić information content (AvgIpc) is 3.01. The summed E-state index contributed by atoms with van der Waals surface area (Å²) in [7, 11) is -4.17. The number of nitrogens with zero attached hydrogens (tertiary/aromatic N) is 4. The fraction of sp³-hybridized carbons (Fsp3) is 0.143. The molecule has 2 heterocycles. The van der Waals surface area contributed by atoms with Gasteiger partial charge in [0, 0.05) is 12.3 Å². The van der Waals surface area contributed by atoms with Crippen molar-refractivity contribution < 1.29 is 26.5 Å². The van der Waals surface area contributed by atoms with E-state index in [0.717, 1.165) is 28.8 Å². The van der Waals surface area contributed by atoms with Crippen molar-refractivity contribution in [2.24, 2.45) is 5.14 Å². The van der Waals surface area contributed by atoms with E-state index in [2.05, 4.69) is 15.5 Å². The van der Waals surface area contributed by atoms with Crippen LogP contribution in [0.4, 0.5) is 24.5 Å². The fourth-order valence-electron chi connectivity index (χ4n) is 2.44. The molecule has 3 aromatic rings. The molecule has 0 saturated heterocycles. The molecular weight excluding hydrogens is 441 g/mol. The Balaban J connectivity index is 1.97. The van der Waals surface area contributed by atoms with Gasteiger partial charge < -0.3 is 5.32 Å². The number of benzene rings is 1. The van der Waals surface area contributed by atoms with Crippen LogP contribution in [0.15, 0.2) is 35.4 Å². The maximum absolute atomic E-state index is 13.0. The Labute approximate surface area is 165 Å². The van der Waals surface area contributed by atoms with Gasteiger partial charge >= 0.3 is 6.18 Å². The second-order valence-electron chi connectivity index (χ2n) is 5.72. The summed E-state index contributed by atoms with van der Waals surface area (Å²) in [5.41, 5.74) is -1.76. The van der Waals surface area contributed by atoms with E-state index in [9.17, 15) is 31.7 Å². The van der Waals surface area contributed by atoms with Crippen molar-refractivity contribution >= 4 is 38.6 Å². The number of hydrogen-bond acceptors (Lipinski definition) is 7. The molecule has 0 bridgehead atoms. The minimum atomic E-state index is -4.66. The first kappa shape index (κ1) is 20.8. The Morgan fingerprint density at radius 2 is 1.97 bits per heavy atom. The number of aromatic nitrogens is 3. The summed E-state index contributed by atoms with van der Waals surface area (Å²) in [6.45, 7) is -0.269. The molecule has 0 amide bonds. The third-order valence-corrected chi connectivity index (χ3v) is 4.98. The lowest BCUT2D eigenvalue weighted by Gasteiger charge is -2.10. The highest BCUT2D eigenvalue weighted by Gasteiger charge is 2.32. The zero-order chi connectivity index (χ0) is 21.6. The number of nitrogens with two attached hydrogens (primary N) is 1. The summed E-state index contributed by atoms with van der Waals surface area (Å²) in [5.74, 6) is -0.0159. The summed E-state index contributed by atoms with van der Waals surface area (Å²) in [4.78, 5) is 9.92. The molecule has 15 heteroatoms. The second-order valence-corrected chi connectivity index (χ2v) is 7.69. The molecule has 0 aliphatic heterocycles. The van der Waals surface area contributed by atoms with E-state index in [1.165, 1.54) is 0 Å². The molecule has 154 valence electrons. The number of nitro groups is 1. The van der Waals surface area contributed by atoms with Gasteiger partial charge in [0.15, 0.2) is 11.5 Å². The highest BCUT2D eigenvalue weighted by Crippen LogP contribution is 2.32. The first-order valence-corrected chi connectivity index (χ1v) is 9.46. The molecule has 3 rings (SSSR count). The SMILES string of the molecule is NS(=O)(=O)c1ccc(NCc2nnc3c(Cl)cc(C(F)(F)F)cn23)c([N+](=O)[O-])c1. The van der Waals surface area contributed by atoms with Crippen molar-refractivity contribution in [3.8, 4) is 0 Å². The minimum Gasteiger partial charge on any atom is -0.372 e. The van der Waals surface area contributed by atoms with E-state index >= 15 is 0 Å². The lowest BCUT2D eigenvalue weighted by molar-refractivity contribution is -0.384. The van der Waals surface area contributed by atoms with Crippen LogP contribution in [0.5, 0.6) is 0 Å². The highest BCUT2D eigenvalue weighted by molar-refractivity contribution is 7.89. The molecule has 0 unspecified atom stereocenters. The number of nitrogens with one attached hydrogen (secondary N) is 1. The summed E-state index contributed by atoms with van der Waals surface area (Å²) < 4.78 is 62.7. The number of nitro benzene ring substituents is 1. The lowest BCUT2D eigenvalue weighted by atomic mass is 10.2. The molecule has 0 aliphatic rings. The third kappa shape index (κ3) is 4.23. The van der Waals surface area contributed by atoms with E-state index in [1.54, 1.807) is 0 Å². The fourth-order valence-corrected chi connectivity index (χ4v) is 3.22. The molecule has 0 aliphatic carbocycles. The van der Waals surface area contributed by atoms with Gasteiger partial charge in [-0.3, -0.25) is 14.5 Å². The zero-order valence-corrected chi connectivity index (χ0v) is 15.6. The van der Waals surface area contributed by atoms with Crippen LogP contribution in [-0.2, 0) is 22.7 Å². The van der Waals surface area contributed by atoms with E-state index in [4.69, 9.17) is 16.7 Å². The minimum absolute atomic E-state index is 0.0159. The van der Waals surface area contributed by atoms with Gasteiger partial charge in [0.05, 0.1) is 26.9 Å². The number of alkyl halides is 3. The van der Waals surface area contributed by atoms with E-state index in [1.807, 2.05) is 0 Å². The molecule has 0 atom stereocenters. The highest BCUT2D eigenvalue weighted by atomic mass is 35.5. The topological polar surface area (TPSA) is 146 Å². The molecular formula is C14H10ClF3N6O4S. The van der Waals surface area contributed by atoms with Crippen molar-refractivity contribution in [1.82, 2.24) is 14.6 Å². The molecule has 1 aromatic carbocycles. The average molecular weight is 451 g/mol. The van der Waals surface area contributed by atoms with Gasteiger partial charge in [-0.2, -0.15) is 13.2 Å². The van der Waals surface area contributed by atoms with E-state index < -0.39 is 37.3 Å². The number of rotatable bonds is 5. The van der Waals surface area contributed by atoms with Crippen LogP contribution in [0.25, 0.3) is 5.65 Å². The van der Waals surface area contributed by atoms with Crippen LogP contribution in [-0.4, -0.2) is 27.9 Å². The number of anilines is 1. The van der Waals surface area contributed by atoms with Gasteiger partial charge in [0.2, 0.25) is 10.0 Å². The number of fused-ring (bicyclic) bond motifs is 1. The first-order chi connectivity index (χ1) is 13.4. The van der Waals surface area contributed by atoms with Crippen LogP contribution in [0.3, 0.4) is 0 Å². The standard InChI is InChI=1S/C14H10ClF3N6O4S/c15-9-3-7(14(16,17)18)6-23-12(21-22-13(9)23)5-20-10-2-1-8(29(19,27)28)4-11(10)24(25)26/h1-4,6,20H,5H2,(H2,19,27,28). The largest absolute Gasteiger partial charge is 0.417 e. The summed E-state index contributed by atoms with van der Waals surface area (Å²) >= 11 is 5.82. The maximum atomic E-state index is 13.0. The number of sulfonamides is 1. The Bertz CT molecular complexity index is 1230. The first-order valence-electron chi connectivity index (χ1n) is 7.53. The molecule has 29 heavy (non-hydrogen) atoms. The Kier molecular flexibility index (Phi) is 5.10. The van der Waals surface area contributed by atoms with Gasteiger partial charge in [0.25, 0.3) is 5.69 Å². The summed E-state index contributed by atoms with van der Waals surface area (Å²) in [6.07, 6.45) is -3.91. The molecule has 0 spiro atoms. The normalized spacial score (nSPS) is 12.3. The molecule has 2 aromatic heterocycles. The number of pyridine rings is 1. The molecule has 0 radical (unpaired) electrons. The maximum Gasteiger partial charge on any atom is 0.417 e. The number of primary sulfonamides is 1. The number of halogens is 4. The van der Waals surface area contributed by atoms with Crippen LogP contribution in [0.2, 0.25) is 5.02 Å².